The Balaban J connectivity index is 1.10. The van der Waals surface area contributed by atoms with Crippen LogP contribution in [-0.4, -0.2) is 128 Å². The topological polar surface area (TPSA) is 239 Å². The molecule has 3 amide bonds. The summed E-state index contributed by atoms with van der Waals surface area (Å²) in [5.74, 6) is -2.60. The van der Waals surface area contributed by atoms with Crippen LogP contribution in [0.15, 0.2) is 24.3 Å². The molecule has 19 heteroatoms. The predicted octanol–water partition coefficient (Wildman–Crippen LogP) is 1.62. The number of hydrogen-bond donors (Lipinski definition) is 5. The number of cyclic esters (lactones) is 1. The Morgan fingerprint density at radius 1 is 1.00 bits per heavy atom. The van der Waals surface area contributed by atoms with E-state index in [-0.39, 0.29) is 62.0 Å². The van der Waals surface area contributed by atoms with E-state index in [1.54, 1.807) is 38.1 Å². The lowest BCUT2D eigenvalue weighted by Crippen LogP contribution is -2.63. The number of benzene rings is 2. The summed E-state index contributed by atoms with van der Waals surface area (Å²) in [7, 11) is 2.84. The summed E-state index contributed by atoms with van der Waals surface area (Å²) in [6, 6.07) is 6.73. The molecule has 3 saturated heterocycles. The van der Waals surface area contributed by atoms with E-state index in [9.17, 15) is 34.5 Å². The van der Waals surface area contributed by atoms with Crippen LogP contribution in [-0.2, 0) is 44.7 Å². The molecule has 2 aromatic carbocycles. The van der Waals surface area contributed by atoms with Gasteiger partial charge in [0.05, 0.1) is 39.0 Å². The molecular weight excluding hydrogens is 802 g/mol. The highest BCUT2D eigenvalue weighted by Crippen LogP contribution is 2.56. The molecule has 0 aromatic heterocycles. The summed E-state index contributed by atoms with van der Waals surface area (Å²) in [4.78, 5) is 52.9. The van der Waals surface area contributed by atoms with Gasteiger partial charge in [0.1, 0.15) is 31.0 Å². The van der Waals surface area contributed by atoms with Crippen LogP contribution in [0.1, 0.15) is 68.4 Å². The third kappa shape index (κ3) is 9.23. The summed E-state index contributed by atoms with van der Waals surface area (Å²) in [6.45, 7) is 8.04. The highest BCUT2D eigenvalue weighted by Gasteiger charge is 2.56. The fraction of sp³-hybridized carbons (Fsp3) is 0.595. The molecule has 5 N–H and O–H groups in total. The van der Waals surface area contributed by atoms with E-state index in [0.29, 0.717) is 40.5 Å². The van der Waals surface area contributed by atoms with E-state index >= 15 is 0 Å². The monoisotopic (exact) mass is 856 g/mol. The van der Waals surface area contributed by atoms with Gasteiger partial charge < -0.3 is 73.5 Å². The molecule has 11 atom stereocenters. The lowest BCUT2D eigenvalue weighted by Gasteiger charge is -2.47. The van der Waals surface area contributed by atoms with E-state index in [1.165, 1.54) is 19.1 Å². The fourth-order valence-electron chi connectivity index (χ4n) is 8.64. The molecule has 7 unspecified atom stereocenters. The second-order valence-electron chi connectivity index (χ2n) is 16.3. The number of rotatable bonds is 14. The number of aliphatic hydroxyl groups excluding tert-OH is 3. The van der Waals surface area contributed by atoms with Crippen molar-refractivity contribution in [1.82, 2.24) is 15.5 Å². The van der Waals surface area contributed by atoms with Gasteiger partial charge in [0.15, 0.2) is 35.6 Å². The minimum Gasteiger partial charge on any atom is -0.493 e. The van der Waals surface area contributed by atoms with Crippen molar-refractivity contribution in [1.29, 1.82) is 0 Å². The zero-order chi connectivity index (χ0) is 43.7. The Labute approximate surface area is 352 Å². The Kier molecular flexibility index (Phi) is 13.6. The summed E-state index contributed by atoms with van der Waals surface area (Å²) >= 11 is 0. The van der Waals surface area contributed by atoms with Crippen LogP contribution in [0.5, 0.6) is 23.0 Å². The SMILES string of the molecule is COc1cc([C@@H]2c3cc4c(cc3[C@@H](OC3OC5COC(C)OC5C(O)C3O)[C@H]3COC(=O)[C@H]23)OCO4)cc(CO)c1OC(=O)N(C)CCNC(=O)[CH]NC(=O)C(C)CC(C)C. The summed E-state index contributed by atoms with van der Waals surface area (Å²) in [5, 5.41) is 38.1. The largest absolute Gasteiger partial charge is 0.493 e. The normalized spacial score (nSPS) is 29.1. The fourth-order valence-corrected chi connectivity index (χ4v) is 8.64. The first kappa shape index (κ1) is 44.3. The van der Waals surface area contributed by atoms with Gasteiger partial charge in [0.2, 0.25) is 18.6 Å². The lowest BCUT2D eigenvalue weighted by atomic mass is 9.66. The van der Waals surface area contributed by atoms with E-state index < -0.39 is 85.4 Å². The van der Waals surface area contributed by atoms with Gasteiger partial charge in [-0.2, -0.15) is 0 Å². The summed E-state index contributed by atoms with van der Waals surface area (Å²) in [5.41, 5.74) is 1.87. The number of amides is 3. The standard InChI is InChI=1S/C42H54N3O16/c1-19(2)9-20(3)39(50)44-14-31(47)43-7-8-45(5)42(52)61-36-23(15-46)10-22(11-29(36)53-6)32-24-12-27-28(57-18-56-27)13-25(24)37(26-16-55-40(51)33(26)32)60-41-35(49)34(48)38-30(59-41)17-54-21(4)58-38/h10-14,19-21,26,30,32-35,37-38,41,46,48-49H,7-9,15-18H2,1-6H3,(H,43,47)(H,44,50)/t20?,21?,26-,30?,32+,33-,34?,35?,37+,38?,41?/m0/s1. The van der Waals surface area contributed by atoms with Crippen LogP contribution in [0.4, 0.5) is 4.79 Å². The van der Waals surface area contributed by atoms with Crippen LogP contribution in [0.3, 0.4) is 0 Å². The van der Waals surface area contributed by atoms with Gasteiger partial charge in [0, 0.05) is 43.5 Å². The van der Waals surface area contributed by atoms with Crippen molar-refractivity contribution in [3.05, 3.63) is 53.1 Å². The van der Waals surface area contributed by atoms with E-state index in [1.807, 2.05) is 13.8 Å². The third-order valence-corrected chi connectivity index (χ3v) is 11.7. The van der Waals surface area contributed by atoms with Gasteiger partial charge in [-0.3, -0.25) is 14.4 Å². The van der Waals surface area contributed by atoms with Crippen molar-refractivity contribution in [3.63, 3.8) is 0 Å². The molecule has 61 heavy (non-hydrogen) atoms. The van der Waals surface area contributed by atoms with Gasteiger partial charge in [-0.05, 0) is 60.2 Å². The molecule has 19 nitrogen and oxygen atoms in total. The Bertz CT molecular complexity index is 1940. The molecule has 0 saturated carbocycles. The van der Waals surface area contributed by atoms with Crippen molar-refractivity contribution >= 4 is 23.9 Å². The minimum absolute atomic E-state index is 0.0399. The van der Waals surface area contributed by atoms with Crippen LogP contribution < -0.4 is 29.6 Å². The lowest BCUT2D eigenvalue weighted by molar-refractivity contribution is -0.364. The van der Waals surface area contributed by atoms with Gasteiger partial charge >= 0.3 is 12.1 Å². The molecule has 0 bridgehead atoms. The van der Waals surface area contributed by atoms with Crippen LogP contribution >= 0.6 is 0 Å². The first-order valence-corrected chi connectivity index (χ1v) is 20.4. The summed E-state index contributed by atoms with van der Waals surface area (Å²) in [6.07, 6.45) is -7.44. The average molecular weight is 857 g/mol. The number of methoxy groups -OCH3 is 1. The maximum Gasteiger partial charge on any atom is 0.415 e. The predicted molar refractivity (Wildman–Crippen MR) is 209 cm³/mol. The second-order valence-corrected chi connectivity index (χ2v) is 16.3. The van der Waals surface area contributed by atoms with Gasteiger partial charge in [-0.15, -0.1) is 0 Å². The number of likely N-dealkylation sites (N-methyl/N-ethyl adjacent to an activating group) is 1. The summed E-state index contributed by atoms with van der Waals surface area (Å²) < 4.78 is 52.6. The smallest absolute Gasteiger partial charge is 0.415 e. The molecule has 1 aliphatic carbocycles. The van der Waals surface area contributed by atoms with Crippen molar-refractivity contribution in [2.75, 3.05) is 47.3 Å². The number of ether oxygens (including phenoxy) is 9. The molecule has 2 aromatic rings. The minimum atomic E-state index is -1.51. The second kappa shape index (κ2) is 18.7. The Morgan fingerprint density at radius 2 is 1.74 bits per heavy atom. The Morgan fingerprint density at radius 3 is 2.44 bits per heavy atom. The van der Waals surface area contributed by atoms with Crippen molar-refractivity contribution in [3.8, 4) is 23.0 Å². The number of hydrogen-bond acceptors (Lipinski definition) is 16. The number of nitrogens with one attached hydrogen (secondary N) is 2. The van der Waals surface area contributed by atoms with E-state index in [4.69, 9.17) is 42.6 Å². The number of carbonyl (C=O) groups excluding carboxylic acids is 4. The van der Waals surface area contributed by atoms with Crippen LogP contribution in [0.2, 0.25) is 0 Å². The average Bonchev–Trinajstić information content (AvgIpc) is 3.86. The molecule has 1 radical (unpaired) electrons. The van der Waals surface area contributed by atoms with Gasteiger partial charge in [-0.1, -0.05) is 20.8 Å². The molecule has 5 aliphatic rings. The van der Waals surface area contributed by atoms with Gasteiger partial charge in [0.25, 0.3) is 0 Å². The zero-order valence-corrected chi connectivity index (χ0v) is 34.9. The molecule has 4 aliphatic heterocycles. The molecule has 7 rings (SSSR count). The van der Waals surface area contributed by atoms with Crippen molar-refractivity contribution < 1.29 is 77.1 Å². The molecule has 4 heterocycles. The number of aliphatic hydroxyl groups is 3. The van der Waals surface area contributed by atoms with Crippen LogP contribution in [0, 0.1) is 30.2 Å². The quantitative estimate of drug-likeness (QED) is 0.170. The maximum absolute atomic E-state index is 13.8. The molecule has 333 valence electrons. The number of carbonyl (C=O) groups is 4. The first-order valence-electron chi connectivity index (χ1n) is 20.4. The first-order chi connectivity index (χ1) is 29.2. The highest BCUT2D eigenvalue weighted by molar-refractivity contribution is 5.90. The van der Waals surface area contributed by atoms with Crippen LogP contribution in [0.25, 0.3) is 0 Å². The number of nitrogens with zero attached hydrogens (tertiary/aromatic N) is 1. The number of fused-ring (bicyclic) bond motifs is 4. The Hall–Kier alpha value is -4.76. The molecule has 3 fully saturated rings. The van der Waals surface area contributed by atoms with Crippen molar-refractivity contribution in [2.24, 2.45) is 23.7 Å². The maximum atomic E-state index is 13.8. The van der Waals surface area contributed by atoms with Crippen molar-refractivity contribution in [2.45, 2.75) is 89.7 Å². The highest BCUT2D eigenvalue weighted by atomic mass is 16.8. The van der Waals surface area contributed by atoms with E-state index in [0.717, 1.165) is 6.54 Å². The molecule has 0 spiro atoms. The zero-order valence-electron chi connectivity index (χ0n) is 34.9. The van der Waals surface area contributed by atoms with Gasteiger partial charge in [-0.25, -0.2) is 4.79 Å². The van der Waals surface area contributed by atoms with E-state index in [2.05, 4.69) is 10.6 Å². The molecular formula is C42H54N3O16. The number of esters is 1. The third-order valence-electron chi connectivity index (χ3n) is 11.7.